The molecule has 0 radical (unpaired) electrons. The standard InChI is InChI=1S/C20H28N4O2S/c1-5-6-7-8-9-16(25)22-20(3,4)18(26)21-19-24-23-17(27-19)15-12-10-14(2)11-13-15/h10-13H,5-9H2,1-4H3,(H,22,25)(H,21,24,26). The molecule has 0 fully saturated rings. The smallest absolute Gasteiger partial charge is 0.251 e. The molecule has 6 nitrogen and oxygen atoms in total. The van der Waals surface area contributed by atoms with Gasteiger partial charge in [-0.05, 0) is 27.2 Å². The molecule has 0 saturated carbocycles. The summed E-state index contributed by atoms with van der Waals surface area (Å²) in [4.78, 5) is 24.6. The van der Waals surface area contributed by atoms with E-state index in [0.717, 1.165) is 36.3 Å². The lowest BCUT2D eigenvalue weighted by molar-refractivity contribution is -0.129. The lowest BCUT2D eigenvalue weighted by atomic mass is 10.0. The summed E-state index contributed by atoms with van der Waals surface area (Å²) in [6.07, 6.45) is 4.56. The Balaban J connectivity index is 1.91. The third-order valence-electron chi connectivity index (χ3n) is 4.22. The summed E-state index contributed by atoms with van der Waals surface area (Å²) in [5, 5.41) is 14.9. The Morgan fingerprint density at radius 3 is 2.44 bits per heavy atom. The molecule has 0 aliphatic rings. The Morgan fingerprint density at radius 1 is 1.07 bits per heavy atom. The van der Waals surface area contributed by atoms with Gasteiger partial charge in [-0.1, -0.05) is 67.4 Å². The van der Waals surface area contributed by atoms with E-state index < -0.39 is 5.54 Å². The fraction of sp³-hybridized carbons (Fsp3) is 0.500. The molecule has 0 bridgehead atoms. The first-order valence-corrected chi connectivity index (χ1v) is 10.2. The van der Waals surface area contributed by atoms with Crippen LogP contribution in [-0.4, -0.2) is 27.6 Å². The van der Waals surface area contributed by atoms with Crippen LogP contribution in [0.3, 0.4) is 0 Å². The van der Waals surface area contributed by atoms with E-state index in [1.54, 1.807) is 13.8 Å². The van der Waals surface area contributed by atoms with Crippen molar-refractivity contribution in [1.82, 2.24) is 15.5 Å². The van der Waals surface area contributed by atoms with Crippen molar-refractivity contribution >= 4 is 28.3 Å². The van der Waals surface area contributed by atoms with E-state index >= 15 is 0 Å². The summed E-state index contributed by atoms with van der Waals surface area (Å²) in [5.74, 6) is -0.417. The number of benzene rings is 1. The number of aromatic nitrogens is 2. The molecule has 0 unspecified atom stereocenters. The van der Waals surface area contributed by atoms with Gasteiger partial charge in [0.15, 0.2) is 0 Å². The van der Waals surface area contributed by atoms with Crippen molar-refractivity contribution in [3.05, 3.63) is 29.8 Å². The molecule has 0 aliphatic carbocycles. The first kappa shape index (κ1) is 21.0. The normalized spacial score (nSPS) is 11.3. The quantitative estimate of drug-likeness (QED) is 0.627. The number of hydrogen-bond donors (Lipinski definition) is 2. The highest BCUT2D eigenvalue weighted by Gasteiger charge is 2.30. The monoisotopic (exact) mass is 388 g/mol. The minimum absolute atomic E-state index is 0.108. The van der Waals surface area contributed by atoms with Crippen molar-refractivity contribution in [2.75, 3.05) is 5.32 Å². The van der Waals surface area contributed by atoms with Crippen LogP contribution in [-0.2, 0) is 9.59 Å². The molecule has 1 aromatic carbocycles. The van der Waals surface area contributed by atoms with Gasteiger partial charge in [0.05, 0.1) is 0 Å². The van der Waals surface area contributed by atoms with Crippen LogP contribution in [0.25, 0.3) is 10.6 Å². The lowest BCUT2D eigenvalue weighted by Gasteiger charge is -2.24. The van der Waals surface area contributed by atoms with Crippen molar-refractivity contribution in [3.63, 3.8) is 0 Å². The van der Waals surface area contributed by atoms with Crippen LogP contribution < -0.4 is 10.6 Å². The number of unbranched alkanes of at least 4 members (excludes halogenated alkanes) is 3. The zero-order chi connectivity index (χ0) is 19.9. The summed E-state index contributed by atoms with van der Waals surface area (Å²) in [5.41, 5.74) is 1.11. The summed E-state index contributed by atoms with van der Waals surface area (Å²) in [7, 11) is 0. The number of amides is 2. The van der Waals surface area contributed by atoms with Gasteiger partial charge in [-0.15, -0.1) is 10.2 Å². The lowest BCUT2D eigenvalue weighted by Crippen LogP contribution is -2.52. The molecule has 2 N–H and O–H groups in total. The average Bonchev–Trinajstić information content (AvgIpc) is 3.07. The van der Waals surface area contributed by atoms with E-state index in [2.05, 4.69) is 27.8 Å². The number of aryl methyl sites for hydroxylation is 1. The van der Waals surface area contributed by atoms with E-state index in [1.807, 2.05) is 31.2 Å². The molecule has 7 heteroatoms. The second kappa shape index (κ2) is 9.60. The summed E-state index contributed by atoms with van der Waals surface area (Å²) >= 11 is 1.31. The van der Waals surface area contributed by atoms with Crippen LogP contribution in [0.2, 0.25) is 0 Å². The Hall–Kier alpha value is -2.28. The van der Waals surface area contributed by atoms with E-state index in [9.17, 15) is 9.59 Å². The average molecular weight is 389 g/mol. The topological polar surface area (TPSA) is 84.0 Å². The molecule has 0 spiro atoms. The van der Waals surface area contributed by atoms with E-state index in [4.69, 9.17) is 0 Å². The van der Waals surface area contributed by atoms with Crippen LogP contribution in [0.15, 0.2) is 24.3 Å². The molecular weight excluding hydrogens is 360 g/mol. The van der Waals surface area contributed by atoms with E-state index in [0.29, 0.717) is 11.6 Å². The maximum Gasteiger partial charge on any atom is 0.251 e. The largest absolute Gasteiger partial charge is 0.342 e. The Kier molecular flexibility index (Phi) is 7.47. The highest BCUT2D eigenvalue weighted by molar-refractivity contribution is 7.18. The summed E-state index contributed by atoms with van der Waals surface area (Å²) in [6, 6.07) is 7.97. The third kappa shape index (κ3) is 6.43. The van der Waals surface area contributed by atoms with Crippen molar-refractivity contribution in [2.24, 2.45) is 0 Å². The van der Waals surface area contributed by atoms with Gasteiger partial charge in [-0.2, -0.15) is 0 Å². The minimum Gasteiger partial charge on any atom is -0.342 e. The number of nitrogens with zero attached hydrogens (tertiary/aromatic N) is 2. The maximum absolute atomic E-state index is 12.5. The van der Waals surface area contributed by atoms with Gasteiger partial charge in [0.25, 0.3) is 5.91 Å². The molecule has 27 heavy (non-hydrogen) atoms. The third-order valence-corrected chi connectivity index (χ3v) is 5.11. The molecule has 1 heterocycles. The molecule has 0 atom stereocenters. The number of rotatable bonds is 9. The second-order valence-corrected chi connectivity index (χ2v) is 8.19. The molecule has 0 aliphatic heterocycles. The van der Waals surface area contributed by atoms with Crippen LogP contribution >= 0.6 is 11.3 Å². The molecule has 2 rings (SSSR count). The molecule has 146 valence electrons. The van der Waals surface area contributed by atoms with Gasteiger partial charge < -0.3 is 5.32 Å². The van der Waals surface area contributed by atoms with Crippen LogP contribution in [0.5, 0.6) is 0 Å². The van der Waals surface area contributed by atoms with Crippen LogP contribution in [0.4, 0.5) is 5.13 Å². The number of carbonyl (C=O) groups is 2. The SMILES string of the molecule is CCCCCCC(=O)NC(C)(C)C(=O)Nc1nnc(-c2ccc(C)cc2)s1. The van der Waals surface area contributed by atoms with Gasteiger partial charge in [0, 0.05) is 12.0 Å². The Bertz CT molecular complexity index is 769. The summed E-state index contributed by atoms with van der Waals surface area (Å²) in [6.45, 7) is 7.53. The fourth-order valence-electron chi connectivity index (χ4n) is 2.52. The molecule has 2 aromatic rings. The minimum atomic E-state index is -1.02. The number of anilines is 1. The molecule has 0 saturated heterocycles. The Morgan fingerprint density at radius 2 is 1.78 bits per heavy atom. The summed E-state index contributed by atoms with van der Waals surface area (Å²) < 4.78 is 0. The van der Waals surface area contributed by atoms with Crippen molar-refractivity contribution in [1.29, 1.82) is 0 Å². The number of nitrogens with one attached hydrogen (secondary N) is 2. The fourth-order valence-corrected chi connectivity index (χ4v) is 3.26. The van der Waals surface area contributed by atoms with E-state index in [-0.39, 0.29) is 11.8 Å². The second-order valence-electron chi connectivity index (χ2n) is 7.22. The predicted octanol–water partition coefficient (Wildman–Crippen LogP) is 4.32. The molecule has 1 aromatic heterocycles. The molecule has 2 amide bonds. The van der Waals surface area contributed by atoms with E-state index in [1.165, 1.54) is 16.9 Å². The van der Waals surface area contributed by atoms with Crippen LogP contribution in [0, 0.1) is 6.92 Å². The van der Waals surface area contributed by atoms with Crippen molar-refractivity contribution < 1.29 is 9.59 Å². The Labute approximate surface area is 164 Å². The van der Waals surface area contributed by atoms with Gasteiger partial charge in [-0.3, -0.25) is 14.9 Å². The highest BCUT2D eigenvalue weighted by atomic mass is 32.1. The number of carbonyl (C=O) groups excluding carboxylic acids is 2. The van der Waals surface area contributed by atoms with Crippen molar-refractivity contribution in [2.45, 2.75) is 65.3 Å². The van der Waals surface area contributed by atoms with Crippen molar-refractivity contribution in [3.8, 4) is 10.6 Å². The van der Waals surface area contributed by atoms with Gasteiger partial charge in [-0.25, -0.2) is 0 Å². The van der Waals surface area contributed by atoms with Gasteiger partial charge >= 0.3 is 0 Å². The maximum atomic E-state index is 12.5. The zero-order valence-corrected chi connectivity index (χ0v) is 17.3. The number of hydrogen-bond acceptors (Lipinski definition) is 5. The predicted molar refractivity (Wildman–Crippen MR) is 110 cm³/mol. The zero-order valence-electron chi connectivity index (χ0n) is 16.5. The first-order valence-electron chi connectivity index (χ1n) is 9.35. The molecular formula is C20H28N4O2S. The van der Waals surface area contributed by atoms with Gasteiger partial charge in [0.2, 0.25) is 11.0 Å². The van der Waals surface area contributed by atoms with Gasteiger partial charge in [0.1, 0.15) is 10.5 Å². The van der Waals surface area contributed by atoms with Crippen LogP contribution in [0.1, 0.15) is 58.4 Å². The first-order chi connectivity index (χ1) is 12.8. The highest BCUT2D eigenvalue weighted by Crippen LogP contribution is 2.27.